The van der Waals surface area contributed by atoms with Gasteiger partial charge in [-0.3, -0.25) is 4.90 Å². The topological polar surface area (TPSA) is 56.8 Å². The Kier molecular flexibility index (Phi) is 6.43. The normalized spacial score (nSPS) is 19.0. The summed E-state index contributed by atoms with van der Waals surface area (Å²) in [6.45, 7) is 10.5. The Morgan fingerprint density at radius 1 is 1.07 bits per heavy atom. The van der Waals surface area contributed by atoms with Crippen molar-refractivity contribution in [1.82, 2.24) is 15.5 Å². The maximum Gasteiger partial charge on any atom is 0.315 e. The molecule has 0 radical (unpaired) electrons. The summed E-state index contributed by atoms with van der Waals surface area (Å²) in [5.74, 6) is 0.927. The molecule has 0 spiro atoms. The van der Waals surface area contributed by atoms with Crippen molar-refractivity contribution in [3.63, 3.8) is 0 Å². The number of piperazine rings is 1. The van der Waals surface area contributed by atoms with Crippen molar-refractivity contribution in [1.29, 1.82) is 0 Å². The molecule has 6 heteroatoms. The lowest BCUT2D eigenvalue weighted by Crippen LogP contribution is -2.51. The van der Waals surface area contributed by atoms with Crippen molar-refractivity contribution in [2.45, 2.75) is 26.3 Å². The second-order valence-electron chi connectivity index (χ2n) is 8.27. The summed E-state index contributed by atoms with van der Waals surface area (Å²) < 4.78 is 5.74. The largest absolute Gasteiger partial charge is 0.491 e. The number of benzene rings is 2. The number of carbonyl (C=O) groups excluding carboxylic acids is 1. The molecule has 2 aliphatic rings. The number of ether oxygens (including phenoxy) is 1. The van der Waals surface area contributed by atoms with Crippen LogP contribution in [0, 0.1) is 13.8 Å². The summed E-state index contributed by atoms with van der Waals surface area (Å²) in [5.41, 5.74) is 5.22. The molecule has 0 aliphatic carbocycles. The molecule has 0 saturated carbocycles. The Hall–Kier alpha value is -2.73. The zero-order chi connectivity index (χ0) is 20.9. The highest BCUT2D eigenvalue weighted by Gasteiger charge is 2.22. The average molecular weight is 409 g/mol. The molecule has 4 rings (SSSR count). The number of nitrogens with one attached hydrogen (secondary N) is 2. The molecule has 1 atom stereocenters. The van der Waals surface area contributed by atoms with E-state index < -0.39 is 0 Å². The Bertz CT molecular complexity index is 877. The summed E-state index contributed by atoms with van der Waals surface area (Å²) in [5, 5.41) is 6.04. The SMILES string of the molecule is Cc1cccc(N2CCN(CCNC(=O)NC3COc4ccccc4C3)CC2)c1C. The van der Waals surface area contributed by atoms with E-state index in [-0.39, 0.29) is 12.1 Å². The van der Waals surface area contributed by atoms with Gasteiger partial charge in [-0.05, 0) is 49.1 Å². The lowest BCUT2D eigenvalue weighted by molar-refractivity contribution is 0.211. The third kappa shape index (κ3) is 4.87. The van der Waals surface area contributed by atoms with Gasteiger partial charge in [0.2, 0.25) is 0 Å². The molecular weight excluding hydrogens is 376 g/mol. The van der Waals surface area contributed by atoms with Crippen LogP contribution in [0.3, 0.4) is 0 Å². The van der Waals surface area contributed by atoms with Crippen molar-refractivity contribution in [2.24, 2.45) is 0 Å². The van der Waals surface area contributed by atoms with E-state index >= 15 is 0 Å². The number of fused-ring (bicyclic) bond motifs is 1. The fourth-order valence-electron chi connectivity index (χ4n) is 4.28. The maximum atomic E-state index is 12.3. The molecule has 160 valence electrons. The smallest absolute Gasteiger partial charge is 0.315 e. The first-order chi connectivity index (χ1) is 14.6. The fraction of sp³-hybridized carbons (Fsp3) is 0.458. The number of nitrogens with zero attached hydrogens (tertiary/aromatic N) is 2. The molecule has 2 aromatic rings. The number of rotatable bonds is 5. The number of hydrogen-bond donors (Lipinski definition) is 2. The van der Waals surface area contributed by atoms with Gasteiger partial charge in [0.1, 0.15) is 12.4 Å². The van der Waals surface area contributed by atoms with Gasteiger partial charge in [-0.25, -0.2) is 4.79 Å². The number of hydrogen-bond acceptors (Lipinski definition) is 4. The Morgan fingerprint density at radius 3 is 2.70 bits per heavy atom. The van der Waals surface area contributed by atoms with Crippen LogP contribution in [0.5, 0.6) is 5.75 Å². The molecule has 2 aromatic carbocycles. The van der Waals surface area contributed by atoms with Gasteiger partial charge < -0.3 is 20.3 Å². The quantitative estimate of drug-likeness (QED) is 0.799. The van der Waals surface area contributed by atoms with E-state index in [9.17, 15) is 4.79 Å². The molecule has 1 fully saturated rings. The van der Waals surface area contributed by atoms with E-state index in [2.05, 4.69) is 58.5 Å². The van der Waals surface area contributed by atoms with E-state index in [4.69, 9.17) is 4.74 Å². The fourth-order valence-corrected chi connectivity index (χ4v) is 4.28. The van der Waals surface area contributed by atoms with Crippen LogP contribution in [0.2, 0.25) is 0 Å². The predicted molar refractivity (Wildman–Crippen MR) is 121 cm³/mol. The van der Waals surface area contributed by atoms with Gasteiger partial charge in [-0.1, -0.05) is 30.3 Å². The minimum atomic E-state index is -0.114. The minimum absolute atomic E-state index is 0.0148. The van der Waals surface area contributed by atoms with Crippen molar-refractivity contribution in [3.05, 3.63) is 59.2 Å². The van der Waals surface area contributed by atoms with E-state index in [1.807, 2.05) is 18.2 Å². The van der Waals surface area contributed by atoms with Gasteiger partial charge >= 0.3 is 6.03 Å². The Balaban J connectivity index is 1.16. The molecule has 2 amide bonds. The van der Waals surface area contributed by atoms with Crippen LogP contribution in [0.15, 0.2) is 42.5 Å². The number of para-hydroxylation sites is 1. The lowest BCUT2D eigenvalue weighted by Gasteiger charge is -2.37. The number of anilines is 1. The Labute approximate surface area is 179 Å². The van der Waals surface area contributed by atoms with Gasteiger partial charge in [0.05, 0.1) is 6.04 Å². The third-order valence-corrected chi connectivity index (χ3v) is 6.22. The van der Waals surface area contributed by atoms with E-state index in [0.29, 0.717) is 13.2 Å². The zero-order valence-electron chi connectivity index (χ0n) is 18.0. The van der Waals surface area contributed by atoms with Crippen LogP contribution in [0.4, 0.5) is 10.5 Å². The van der Waals surface area contributed by atoms with Crippen LogP contribution in [-0.2, 0) is 6.42 Å². The van der Waals surface area contributed by atoms with Crippen LogP contribution >= 0.6 is 0 Å². The second kappa shape index (κ2) is 9.39. The molecule has 0 bridgehead atoms. The zero-order valence-corrected chi connectivity index (χ0v) is 18.0. The molecule has 2 N–H and O–H groups in total. The van der Waals surface area contributed by atoms with Crippen LogP contribution < -0.4 is 20.3 Å². The summed E-state index contributed by atoms with van der Waals surface area (Å²) >= 11 is 0. The Morgan fingerprint density at radius 2 is 1.87 bits per heavy atom. The number of urea groups is 1. The summed E-state index contributed by atoms with van der Waals surface area (Å²) in [4.78, 5) is 17.2. The van der Waals surface area contributed by atoms with Crippen LogP contribution in [0.25, 0.3) is 0 Å². The predicted octanol–water partition coefficient (Wildman–Crippen LogP) is 2.73. The highest BCUT2D eigenvalue weighted by Crippen LogP contribution is 2.24. The van der Waals surface area contributed by atoms with Gasteiger partial charge in [0.15, 0.2) is 0 Å². The van der Waals surface area contributed by atoms with Crippen molar-refractivity contribution in [2.75, 3.05) is 50.8 Å². The van der Waals surface area contributed by atoms with Gasteiger partial charge in [0.25, 0.3) is 0 Å². The summed E-state index contributed by atoms with van der Waals surface area (Å²) in [6.07, 6.45) is 0.809. The standard InChI is InChI=1S/C24H32N4O2/c1-18-6-5-8-22(19(18)2)28-14-12-27(13-15-28)11-10-25-24(29)26-21-16-20-7-3-4-9-23(20)30-17-21/h3-9,21H,10-17H2,1-2H3,(H2,25,26,29). The highest BCUT2D eigenvalue weighted by atomic mass is 16.5. The molecule has 2 heterocycles. The minimum Gasteiger partial charge on any atom is -0.491 e. The van der Waals surface area contributed by atoms with Crippen molar-refractivity contribution < 1.29 is 9.53 Å². The molecule has 1 saturated heterocycles. The molecule has 30 heavy (non-hydrogen) atoms. The first kappa shape index (κ1) is 20.5. The van der Waals surface area contributed by atoms with E-state index in [1.165, 1.54) is 16.8 Å². The summed E-state index contributed by atoms with van der Waals surface area (Å²) in [7, 11) is 0. The van der Waals surface area contributed by atoms with Gasteiger partial charge in [-0.2, -0.15) is 0 Å². The number of amides is 2. The van der Waals surface area contributed by atoms with Gasteiger partial charge in [0, 0.05) is 45.0 Å². The molecule has 2 aliphatic heterocycles. The van der Waals surface area contributed by atoms with Gasteiger partial charge in [-0.15, -0.1) is 0 Å². The first-order valence-electron chi connectivity index (χ1n) is 10.9. The van der Waals surface area contributed by atoms with Crippen LogP contribution in [-0.4, -0.2) is 62.8 Å². The second-order valence-corrected chi connectivity index (χ2v) is 8.27. The van der Waals surface area contributed by atoms with Crippen LogP contribution in [0.1, 0.15) is 16.7 Å². The summed E-state index contributed by atoms with van der Waals surface area (Å²) in [6, 6.07) is 14.4. The molecular formula is C24H32N4O2. The molecule has 6 nitrogen and oxygen atoms in total. The molecule has 1 unspecified atom stereocenters. The first-order valence-corrected chi connectivity index (χ1v) is 10.9. The average Bonchev–Trinajstić information content (AvgIpc) is 2.76. The van der Waals surface area contributed by atoms with Crippen molar-refractivity contribution in [3.8, 4) is 5.75 Å². The maximum absolute atomic E-state index is 12.3. The van der Waals surface area contributed by atoms with E-state index in [1.54, 1.807) is 0 Å². The van der Waals surface area contributed by atoms with E-state index in [0.717, 1.165) is 50.5 Å². The number of aryl methyl sites for hydroxylation is 1. The number of carbonyl (C=O) groups is 1. The third-order valence-electron chi connectivity index (χ3n) is 6.22. The lowest BCUT2D eigenvalue weighted by atomic mass is 10.0. The molecule has 0 aromatic heterocycles. The highest BCUT2D eigenvalue weighted by molar-refractivity contribution is 5.74. The monoisotopic (exact) mass is 408 g/mol. The van der Waals surface area contributed by atoms with Crippen molar-refractivity contribution >= 4 is 11.7 Å².